The Morgan fingerprint density at radius 2 is 1.40 bits per heavy atom. The average molecular weight is 276 g/mol. The molecule has 0 saturated heterocycles. The van der Waals surface area contributed by atoms with Crippen LogP contribution >= 0.6 is 0 Å². The van der Waals surface area contributed by atoms with E-state index >= 15 is 0 Å². The zero-order chi connectivity index (χ0) is 13.5. The molecule has 4 rings (SSSR count). The van der Waals surface area contributed by atoms with Crippen LogP contribution in [0.25, 0.3) is 0 Å². The molecular weight excluding hydrogens is 244 g/mol. The number of methoxy groups -OCH3 is 1. The minimum atomic E-state index is 0.957. The van der Waals surface area contributed by atoms with E-state index < -0.39 is 0 Å². The molecule has 0 unspecified atom stereocenters. The number of rotatable bonds is 7. The Labute approximate surface area is 124 Å². The summed E-state index contributed by atoms with van der Waals surface area (Å²) < 4.78 is 5.12. The molecule has 4 fully saturated rings. The lowest BCUT2D eigenvalue weighted by Crippen LogP contribution is -2.69. The van der Waals surface area contributed by atoms with Gasteiger partial charge in [-0.1, -0.05) is 32.1 Å². The normalized spacial score (nSPS) is 48.1. The molecule has 0 spiro atoms. The van der Waals surface area contributed by atoms with Gasteiger partial charge >= 0.3 is 0 Å². The molecule has 1 nitrogen and oxygen atoms in total. The van der Waals surface area contributed by atoms with Gasteiger partial charge in [-0.3, -0.25) is 0 Å². The first-order valence-corrected chi connectivity index (χ1v) is 9.39. The van der Waals surface area contributed by atoms with Crippen molar-refractivity contribution in [3.63, 3.8) is 0 Å². The Bertz CT molecular complexity index is 333. The van der Waals surface area contributed by atoms with Crippen molar-refractivity contribution in [2.45, 2.75) is 64.2 Å². The Morgan fingerprint density at radius 3 is 2.15 bits per heavy atom. The fourth-order valence-electron chi connectivity index (χ4n) is 6.53. The maximum atomic E-state index is 5.12. The van der Waals surface area contributed by atoms with Crippen molar-refractivity contribution in [2.24, 2.45) is 41.4 Å². The summed E-state index contributed by atoms with van der Waals surface area (Å²) in [6, 6.07) is 0. The molecule has 0 heterocycles. The van der Waals surface area contributed by atoms with Gasteiger partial charge in [0.2, 0.25) is 0 Å². The summed E-state index contributed by atoms with van der Waals surface area (Å²) >= 11 is 0. The summed E-state index contributed by atoms with van der Waals surface area (Å²) in [6.07, 6.45) is 15.1. The maximum Gasteiger partial charge on any atom is 0.0462 e. The Morgan fingerprint density at radius 1 is 0.750 bits per heavy atom. The fraction of sp³-hybridized carbons (Fsp3) is 1.00. The summed E-state index contributed by atoms with van der Waals surface area (Å²) in [7, 11) is 1.82. The second-order valence-corrected chi connectivity index (χ2v) is 8.26. The highest BCUT2D eigenvalue weighted by Crippen LogP contribution is 2.74. The lowest BCUT2D eigenvalue weighted by Gasteiger charge is -2.74. The number of hydrogen-bond donors (Lipinski definition) is 0. The molecule has 0 aromatic heterocycles. The van der Waals surface area contributed by atoms with Crippen LogP contribution in [0, 0.1) is 41.4 Å². The van der Waals surface area contributed by atoms with Crippen LogP contribution in [-0.2, 0) is 4.74 Å². The zero-order valence-electron chi connectivity index (χ0n) is 13.2. The standard InChI is InChI=1S/C19H32O/c1-20-11-5-3-2-4-6-13-7-8-16-17(12-13)19-15-10-9-14(15)18(16)19/h13-19H,2-12H2,1H3/t13-,14-,15+,16+,17-,18-,19+/m0/s1. The maximum absolute atomic E-state index is 5.12. The predicted molar refractivity (Wildman–Crippen MR) is 82.5 cm³/mol. The van der Waals surface area contributed by atoms with Crippen molar-refractivity contribution in [3.8, 4) is 0 Å². The Hall–Kier alpha value is -0.0400. The van der Waals surface area contributed by atoms with Gasteiger partial charge in [0.25, 0.3) is 0 Å². The summed E-state index contributed by atoms with van der Waals surface area (Å²) in [6.45, 7) is 0.957. The van der Waals surface area contributed by atoms with Gasteiger partial charge < -0.3 is 4.74 Å². The minimum Gasteiger partial charge on any atom is -0.385 e. The summed E-state index contributed by atoms with van der Waals surface area (Å²) in [4.78, 5) is 0. The molecule has 114 valence electrons. The molecule has 0 amide bonds. The predicted octanol–water partition coefficient (Wildman–Crippen LogP) is 4.90. The van der Waals surface area contributed by atoms with E-state index in [2.05, 4.69) is 0 Å². The zero-order valence-corrected chi connectivity index (χ0v) is 13.2. The first-order valence-electron chi connectivity index (χ1n) is 9.39. The van der Waals surface area contributed by atoms with Crippen molar-refractivity contribution in [2.75, 3.05) is 13.7 Å². The second kappa shape index (κ2) is 5.63. The molecule has 0 aliphatic heterocycles. The largest absolute Gasteiger partial charge is 0.385 e. The van der Waals surface area contributed by atoms with Crippen molar-refractivity contribution in [1.29, 1.82) is 0 Å². The molecule has 20 heavy (non-hydrogen) atoms. The van der Waals surface area contributed by atoms with Gasteiger partial charge in [-0.05, 0) is 73.5 Å². The molecular formula is C19H32O. The highest BCUT2D eigenvalue weighted by molar-refractivity contribution is 5.16. The van der Waals surface area contributed by atoms with Crippen LogP contribution < -0.4 is 0 Å². The highest BCUT2D eigenvalue weighted by atomic mass is 16.5. The van der Waals surface area contributed by atoms with Gasteiger partial charge in [0.1, 0.15) is 0 Å². The van der Waals surface area contributed by atoms with E-state index in [1.165, 1.54) is 67.6 Å². The average Bonchev–Trinajstić information content (AvgIpc) is 2.44. The monoisotopic (exact) mass is 276 g/mol. The van der Waals surface area contributed by atoms with Gasteiger partial charge in [0, 0.05) is 13.7 Å². The van der Waals surface area contributed by atoms with E-state index in [1.54, 1.807) is 32.1 Å². The Kier molecular flexibility index (Phi) is 3.83. The van der Waals surface area contributed by atoms with Crippen LogP contribution in [-0.4, -0.2) is 13.7 Å². The lowest BCUT2D eigenvalue weighted by molar-refractivity contribution is -0.264. The molecule has 4 aliphatic rings. The van der Waals surface area contributed by atoms with Crippen molar-refractivity contribution in [3.05, 3.63) is 0 Å². The van der Waals surface area contributed by atoms with E-state index in [1.807, 2.05) is 7.11 Å². The molecule has 0 aromatic carbocycles. The van der Waals surface area contributed by atoms with Gasteiger partial charge in [-0.25, -0.2) is 0 Å². The van der Waals surface area contributed by atoms with E-state index in [9.17, 15) is 0 Å². The number of ether oxygens (including phenoxy) is 1. The molecule has 0 bridgehead atoms. The topological polar surface area (TPSA) is 9.23 Å². The van der Waals surface area contributed by atoms with Gasteiger partial charge in [0.05, 0.1) is 0 Å². The molecule has 0 N–H and O–H groups in total. The lowest BCUT2D eigenvalue weighted by atomic mass is 9.30. The van der Waals surface area contributed by atoms with Crippen molar-refractivity contribution < 1.29 is 4.74 Å². The van der Waals surface area contributed by atoms with E-state index in [0.717, 1.165) is 12.5 Å². The van der Waals surface area contributed by atoms with E-state index in [4.69, 9.17) is 4.74 Å². The third kappa shape index (κ3) is 2.07. The van der Waals surface area contributed by atoms with Crippen molar-refractivity contribution in [1.82, 2.24) is 0 Å². The smallest absolute Gasteiger partial charge is 0.0462 e. The van der Waals surface area contributed by atoms with Gasteiger partial charge in [-0.15, -0.1) is 0 Å². The first-order chi connectivity index (χ1) is 9.90. The third-order valence-electron chi connectivity index (χ3n) is 7.58. The molecule has 4 aliphatic carbocycles. The molecule has 4 saturated carbocycles. The first kappa shape index (κ1) is 13.6. The van der Waals surface area contributed by atoms with Gasteiger partial charge in [-0.2, -0.15) is 0 Å². The number of hydrogen-bond acceptors (Lipinski definition) is 1. The molecule has 0 aromatic rings. The van der Waals surface area contributed by atoms with Crippen LogP contribution in [0.2, 0.25) is 0 Å². The van der Waals surface area contributed by atoms with Crippen LogP contribution in [0.4, 0.5) is 0 Å². The van der Waals surface area contributed by atoms with Crippen LogP contribution in [0.3, 0.4) is 0 Å². The summed E-state index contributed by atoms with van der Waals surface area (Å²) in [5.74, 6) is 8.37. The fourth-order valence-corrected chi connectivity index (χ4v) is 6.53. The third-order valence-corrected chi connectivity index (χ3v) is 7.58. The summed E-state index contributed by atoms with van der Waals surface area (Å²) in [5.41, 5.74) is 0. The highest BCUT2D eigenvalue weighted by Gasteiger charge is 2.68. The second-order valence-electron chi connectivity index (χ2n) is 8.26. The minimum absolute atomic E-state index is 0.957. The quantitative estimate of drug-likeness (QED) is 0.601. The van der Waals surface area contributed by atoms with Crippen LogP contribution in [0.15, 0.2) is 0 Å². The number of unbranched alkanes of at least 4 members (excludes halogenated alkanes) is 3. The van der Waals surface area contributed by atoms with Crippen LogP contribution in [0.1, 0.15) is 64.2 Å². The summed E-state index contributed by atoms with van der Waals surface area (Å²) in [5, 5.41) is 0. The van der Waals surface area contributed by atoms with Crippen molar-refractivity contribution >= 4 is 0 Å². The van der Waals surface area contributed by atoms with E-state index in [0.29, 0.717) is 0 Å². The molecule has 7 atom stereocenters. The number of fused-ring (bicyclic) bond motifs is 7. The SMILES string of the molecule is COCCCCCC[C@H]1CC[C@@H]2[C@H](C1)[C@H]1[C@@H]3CC[C@@H]3[C@@H]21. The van der Waals surface area contributed by atoms with Gasteiger partial charge in [0.15, 0.2) is 0 Å². The molecule has 0 radical (unpaired) electrons. The molecule has 1 heteroatoms. The Balaban J connectivity index is 1.16. The van der Waals surface area contributed by atoms with E-state index in [-0.39, 0.29) is 0 Å². The van der Waals surface area contributed by atoms with Crippen LogP contribution in [0.5, 0.6) is 0 Å².